The van der Waals surface area contributed by atoms with Crippen LogP contribution in [0.4, 0.5) is 16.2 Å². The predicted octanol–water partition coefficient (Wildman–Crippen LogP) is 2.98. The van der Waals surface area contributed by atoms with Gasteiger partial charge in [0.25, 0.3) is 5.91 Å². The van der Waals surface area contributed by atoms with Crippen LogP contribution in [0.2, 0.25) is 0 Å². The zero-order chi connectivity index (χ0) is 19.0. The van der Waals surface area contributed by atoms with Gasteiger partial charge in [-0.15, -0.1) is 11.8 Å². The van der Waals surface area contributed by atoms with E-state index in [0.717, 1.165) is 21.2 Å². The number of carbonyl (C=O) groups is 3. The minimum Gasteiger partial charge on any atom is -0.309 e. The minimum atomic E-state index is -0.628. The Kier molecular flexibility index (Phi) is 4.61. The molecular formula is C20H19N3O3S. The van der Waals surface area contributed by atoms with Gasteiger partial charge < -0.3 is 4.90 Å². The van der Waals surface area contributed by atoms with Gasteiger partial charge in [-0.2, -0.15) is 0 Å². The molecule has 0 aromatic heterocycles. The molecule has 4 amide bonds. The van der Waals surface area contributed by atoms with Crippen molar-refractivity contribution >= 4 is 41.0 Å². The number of amides is 4. The highest BCUT2D eigenvalue weighted by Crippen LogP contribution is 2.34. The highest BCUT2D eigenvalue weighted by atomic mass is 32.2. The van der Waals surface area contributed by atoms with Gasteiger partial charge in [0.1, 0.15) is 12.6 Å². The second-order valence-electron chi connectivity index (χ2n) is 6.45. The molecule has 0 spiro atoms. The molecule has 138 valence electrons. The summed E-state index contributed by atoms with van der Waals surface area (Å²) in [5, 5.41) is 0. The molecule has 1 saturated heterocycles. The van der Waals surface area contributed by atoms with Crippen LogP contribution in [0.3, 0.4) is 0 Å². The van der Waals surface area contributed by atoms with Crippen LogP contribution in [0.25, 0.3) is 0 Å². The molecule has 27 heavy (non-hydrogen) atoms. The van der Waals surface area contributed by atoms with E-state index in [1.165, 1.54) is 4.90 Å². The van der Waals surface area contributed by atoms with Crippen LogP contribution in [0.5, 0.6) is 0 Å². The number of imide groups is 1. The topological polar surface area (TPSA) is 60.9 Å². The molecule has 2 heterocycles. The molecular weight excluding hydrogens is 362 g/mol. The van der Waals surface area contributed by atoms with E-state index in [-0.39, 0.29) is 18.4 Å². The Bertz CT molecular complexity index is 902. The summed E-state index contributed by atoms with van der Waals surface area (Å²) < 4.78 is 0. The lowest BCUT2D eigenvalue weighted by molar-refractivity contribution is -0.131. The maximum Gasteiger partial charge on any atom is 0.332 e. The molecule has 0 bridgehead atoms. The van der Waals surface area contributed by atoms with Gasteiger partial charge in [0.05, 0.1) is 5.69 Å². The molecule has 0 N–H and O–H groups in total. The van der Waals surface area contributed by atoms with Crippen molar-refractivity contribution in [3.63, 3.8) is 0 Å². The number of fused-ring (bicyclic) bond motifs is 1. The molecule has 0 radical (unpaired) electrons. The molecule has 7 heteroatoms. The van der Waals surface area contributed by atoms with Crippen molar-refractivity contribution in [2.45, 2.75) is 17.9 Å². The van der Waals surface area contributed by atoms with Gasteiger partial charge in [-0.3, -0.25) is 19.4 Å². The minimum absolute atomic E-state index is 0.244. The van der Waals surface area contributed by atoms with Crippen molar-refractivity contribution in [3.8, 4) is 0 Å². The predicted molar refractivity (Wildman–Crippen MR) is 105 cm³/mol. The molecule has 2 aliphatic rings. The SMILES string of the molecule is CC1C(=O)N(CC(=O)N2CCSc3ccccc32)C(=O)N1c1ccccc1. The fourth-order valence-electron chi connectivity index (χ4n) is 3.44. The molecule has 2 aromatic rings. The number of benzene rings is 2. The monoisotopic (exact) mass is 381 g/mol. The number of carbonyl (C=O) groups excluding carboxylic acids is 3. The first-order valence-corrected chi connectivity index (χ1v) is 9.78. The van der Waals surface area contributed by atoms with Gasteiger partial charge in [-0.05, 0) is 31.2 Å². The average molecular weight is 381 g/mol. The quantitative estimate of drug-likeness (QED) is 0.767. The second-order valence-corrected chi connectivity index (χ2v) is 7.59. The van der Waals surface area contributed by atoms with Crippen molar-refractivity contribution in [1.82, 2.24) is 4.90 Å². The van der Waals surface area contributed by atoms with Gasteiger partial charge in [0.2, 0.25) is 5.91 Å². The van der Waals surface area contributed by atoms with Crippen molar-refractivity contribution in [1.29, 1.82) is 0 Å². The number of rotatable bonds is 3. The summed E-state index contributed by atoms with van der Waals surface area (Å²) in [5.74, 6) is 0.195. The van der Waals surface area contributed by atoms with Crippen LogP contribution in [0.15, 0.2) is 59.5 Å². The maximum atomic E-state index is 12.9. The molecule has 1 fully saturated rings. The largest absolute Gasteiger partial charge is 0.332 e. The number of hydrogen-bond donors (Lipinski definition) is 0. The van der Waals surface area contributed by atoms with Crippen LogP contribution >= 0.6 is 11.8 Å². The molecule has 0 aliphatic carbocycles. The van der Waals surface area contributed by atoms with Crippen LogP contribution in [0.1, 0.15) is 6.92 Å². The highest BCUT2D eigenvalue weighted by Gasteiger charge is 2.44. The Labute approximate surface area is 161 Å². The Hall–Kier alpha value is -2.80. The summed E-state index contributed by atoms with van der Waals surface area (Å²) in [6.45, 7) is 2.00. The van der Waals surface area contributed by atoms with E-state index in [9.17, 15) is 14.4 Å². The highest BCUT2D eigenvalue weighted by molar-refractivity contribution is 7.99. The lowest BCUT2D eigenvalue weighted by atomic mass is 10.2. The zero-order valence-electron chi connectivity index (χ0n) is 14.9. The lowest BCUT2D eigenvalue weighted by Gasteiger charge is -2.30. The first kappa shape index (κ1) is 17.6. The lowest BCUT2D eigenvalue weighted by Crippen LogP contribution is -2.45. The van der Waals surface area contributed by atoms with Crippen molar-refractivity contribution in [2.75, 3.05) is 28.6 Å². The number of nitrogens with zero attached hydrogens (tertiary/aromatic N) is 3. The number of anilines is 2. The summed E-state index contributed by atoms with van der Waals surface area (Å²) in [6, 6.07) is 15.7. The zero-order valence-corrected chi connectivity index (χ0v) is 15.7. The first-order chi connectivity index (χ1) is 13.1. The van der Waals surface area contributed by atoms with Crippen molar-refractivity contribution in [2.24, 2.45) is 0 Å². The van der Waals surface area contributed by atoms with Gasteiger partial charge in [0.15, 0.2) is 0 Å². The molecule has 1 unspecified atom stereocenters. The standard InChI is InChI=1S/C20H19N3O3S/c1-14-19(25)22(20(26)23(14)15-7-3-2-4-8-15)13-18(24)21-11-12-27-17-10-6-5-9-16(17)21/h2-10,14H,11-13H2,1H3. The van der Waals surface area contributed by atoms with Crippen molar-refractivity contribution < 1.29 is 14.4 Å². The van der Waals surface area contributed by atoms with Crippen molar-refractivity contribution in [3.05, 3.63) is 54.6 Å². The second kappa shape index (κ2) is 7.08. The first-order valence-electron chi connectivity index (χ1n) is 8.80. The Balaban J connectivity index is 1.55. The Morgan fingerprint density at radius 3 is 2.56 bits per heavy atom. The number of hydrogen-bond acceptors (Lipinski definition) is 4. The van der Waals surface area contributed by atoms with Crippen LogP contribution in [-0.4, -0.2) is 47.6 Å². The summed E-state index contributed by atoms with van der Waals surface area (Å²) in [4.78, 5) is 43.6. The molecule has 1 atom stereocenters. The van der Waals surface area contributed by atoms with Crippen LogP contribution in [0, 0.1) is 0 Å². The summed E-state index contributed by atoms with van der Waals surface area (Å²) in [6.07, 6.45) is 0. The van der Waals surface area contributed by atoms with Gasteiger partial charge in [-0.25, -0.2) is 4.79 Å². The van der Waals surface area contributed by atoms with Gasteiger partial charge in [-0.1, -0.05) is 30.3 Å². The molecule has 0 saturated carbocycles. The fourth-order valence-corrected chi connectivity index (χ4v) is 4.44. The summed E-state index contributed by atoms with van der Waals surface area (Å²) >= 11 is 1.70. The number of urea groups is 1. The summed E-state index contributed by atoms with van der Waals surface area (Å²) in [7, 11) is 0. The van der Waals surface area contributed by atoms with Gasteiger partial charge in [0, 0.05) is 22.9 Å². The van der Waals surface area contributed by atoms with E-state index in [1.807, 2.05) is 42.5 Å². The maximum absolute atomic E-state index is 12.9. The van der Waals surface area contributed by atoms with E-state index < -0.39 is 12.1 Å². The van der Waals surface area contributed by atoms with Crippen LogP contribution in [-0.2, 0) is 9.59 Å². The Morgan fingerprint density at radius 2 is 1.78 bits per heavy atom. The van der Waals surface area contributed by atoms with E-state index in [1.54, 1.807) is 35.7 Å². The van der Waals surface area contributed by atoms with E-state index in [2.05, 4.69) is 0 Å². The van der Waals surface area contributed by atoms with E-state index >= 15 is 0 Å². The third-order valence-electron chi connectivity index (χ3n) is 4.81. The smallest absolute Gasteiger partial charge is 0.309 e. The molecule has 2 aliphatic heterocycles. The number of para-hydroxylation sites is 2. The van der Waals surface area contributed by atoms with E-state index in [0.29, 0.717) is 12.2 Å². The molecule has 6 nitrogen and oxygen atoms in total. The Morgan fingerprint density at radius 1 is 1.07 bits per heavy atom. The fraction of sp³-hybridized carbons (Fsp3) is 0.250. The van der Waals surface area contributed by atoms with Gasteiger partial charge >= 0.3 is 6.03 Å². The normalized spacial score (nSPS) is 19.4. The molecule has 2 aromatic carbocycles. The van der Waals surface area contributed by atoms with E-state index in [4.69, 9.17) is 0 Å². The van der Waals surface area contributed by atoms with Crippen LogP contribution < -0.4 is 9.80 Å². The molecule has 4 rings (SSSR count). The summed E-state index contributed by atoms with van der Waals surface area (Å²) in [5.41, 5.74) is 1.49. The average Bonchev–Trinajstić information content (AvgIpc) is 2.91. The third-order valence-corrected chi connectivity index (χ3v) is 5.85. The third kappa shape index (κ3) is 3.08. The number of thioether (sulfide) groups is 1.